The Hall–Kier alpha value is -2.34. The van der Waals surface area contributed by atoms with Gasteiger partial charge in [0, 0.05) is 30.8 Å². The molecule has 0 bridgehead atoms. The van der Waals surface area contributed by atoms with E-state index in [-0.39, 0.29) is 11.8 Å². The number of hydrogen-bond acceptors (Lipinski definition) is 6. The number of aromatic nitrogens is 1. The summed E-state index contributed by atoms with van der Waals surface area (Å²) in [6.45, 7) is 2.75. The van der Waals surface area contributed by atoms with Crippen molar-refractivity contribution < 1.29 is 9.59 Å². The number of nitrogens with zero attached hydrogens (tertiary/aromatic N) is 2. The maximum atomic E-state index is 13.0. The van der Waals surface area contributed by atoms with E-state index in [0.717, 1.165) is 51.7 Å². The lowest BCUT2D eigenvalue weighted by Crippen LogP contribution is -2.42. The smallest absolute Gasteiger partial charge is 0.264 e. The molecule has 3 heterocycles. The van der Waals surface area contributed by atoms with Crippen molar-refractivity contribution in [2.75, 3.05) is 17.6 Å². The summed E-state index contributed by atoms with van der Waals surface area (Å²) in [5.41, 5.74) is 1.67. The first-order valence-electron chi connectivity index (χ1n) is 10.8. The standard InChI is InChI=1S/C24H25N3O2S3/c1-2-3-4-5-6-14-31-24-26-18-12-11-17(16-21(18)32-24)25-22(28)19-9-7-13-27(19)23(29)20-10-8-15-30-20/h8,10-12,15-16,19H,2-3,6-7,9,13-14H2,1H3,(H,25,28). The predicted octanol–water partition coefficient (Wildman–Crippen LogP) is 5.89. The molecule has 2 aromatic heterocycles. The second-order valence-electron chi connectivity index (χ2n) is 7.49. The highest BCUT2D eigenvalue weighted by Crippen LogP contribution is 2.32. The lowest BCUT2D eigenvalue weighted by molar-refractivity contribution is -0.119. The number of hydrogen-bond donors (Lipinski definition) is 1. The Morgan fingerprint density at radius 2 is 2.16 bits per heavy atom. The molecule has 0 radical (unpaired) electrons. The van der Waals surface area contributed by atoms with E-state index in [1.807, 2.05) is 35.7 Å². The number of benzene rings is 1. The molecular weight excluding hydrogens is 458 g/mol. The van der Waals surface area contributed by atoms with Crippen LogP contribution in [-0.2, 0) is 4.79 Å². The largest absolute Gasteiger partial charge is 0.326 e. The lowest BCUT2D eigenvalue weighted by atomic mass is 10.2. The number of carbonyl (C=O) groups excluding carboxylic acids is 2. The molecule has 32 heavy (non-hydrogen) atoms. The summed E-state index contributed by atoms with van der Waals surface area (Å²) in [6, 6.07) is 9.03. The summed E-state index contributed by atoms with van der Waals surface area (Å²) >= 11 is 4.76. The third-order valence-corrected chi connectivity index (χ3v) is 8.16. The average Bonchev–Trinajstić information content (AvgIpc) is 3.55. The van der Waals surface area contributed by atoms with Gasteiger partial charge < -0.3 is 10.2 Å². The van der Waals surface area contributed by atoms with Gasteiger partial charge in [-0.3, -0.25) is 9.59 Å². The third kappa shape index (κ3) is 5.52. The Morgan fingerprint density at radius 3 is 2.97 bits per heavy atom. The Balaban J connectivity index is 1.38. The zero-order chi connectivity index (χ0) is 22.3. The van der Waals surface area contributed by atoms with Crippen molar-refractivity contribution >= 4 is 62.2 Å². The quantitative estimate of drug-likeness (QED) is 0.259. The summed E-state index contributed by atoms with van der Waals surface area (Å²) in [4.78, 5) is 32.8. The normalized spacial score (nSPS) is 15.5. The Bertz CT molecular complexity index is 1140. The zero-order valence-corrected chi connectivity index (χ0v) is 20.4. The van der Waals surface area contributed by atoms with Crippen molar-refractivity contribution in [1.29, 1.82) is 0 Å². The zero-order valence-electron chi connectivity index (χ0n) is 17.9. The lowest BCUT2D eigenvalue weighted by Gasteiger charge is -2.23. The first kappa shape index (κ1) is 22.8. The van der Waals surface area contributed by atoms with Gasteiger partial charge >= 0.3 is 0 Å². The summed E-state index contributed by atoms with van der Waals surface area (Å²) < 4.78 is 2.06. The summed E-state index contributed by atoms with van der Waals surface area (Å²) in [6.07, 6.45) is 4.45. The van der Waals surface area contributed by atoms with E-state index >= 15 is 0 Å². The summed E-state index contributed by atoms with van der Waals surface area (Å²) in [5.74, 6) is 7.11. The Kier molecular flexibility index (Phi) is 7.85. The molecule has 0 saturated carbocycles. The van der Waals surface area contributed by atoms with Crippen molar-refractivity contribution in [3.63, 3.8) is 0 Å². The fourth-order valence-corrected chi connectivity index (χ4v) is 6.30. The number of likely N-dealkylation sites (tertiary alicyclic amines) is 1. The average molecular weight is 484 g/mol. The maximum Gasteiger partial charge on any atom is 0.264 e. The number of fused-ring (bicyclic) bond motifs is 1. The van der Waals surface area contributed by atoms with Crippen LogP contribution in [0.3, 0.4) is 0 Å². The Labute approximate surface area is 200 Å². The SMILES string of the molecule is CCCC#CCCSc1nc2ccc(NC(=O)C3CCCN3C(=O)c3cccs3)cc2s1. The van der Waals surface area contributed by atoms with Crippen LogP contribution >= 0.6 is 34.4 Å². The molecule has 0 spiro atoms. The van der Waals surface area contributed by atoms with Gasteiger partial charge in [-0.1, -0.05) is 24.8 Å². The summed E-state index contributed by atoms with van der Waals surface area (Å²) in [5, 5.41) is 4.90. The minimum Gasteiger partial charge on any atom is -0.326 e. The first-order chi connectivity index (χ1) is 15.7. The van der Waals surface area contributed by atoms with E-state index < -0.39 is 6.04 Å². The molecule has 1 fully saturated rings. The van der Waals surface area contributed by atoms with Gasteiger partial charge in [-0.25, -0.2) is 4.98 Å². The molecule has 166 valence electrons. The number of rotatable bonds is 7. The van der Waals surface area contributed by atoms with Gasteiger partial charge in [0.15, 0.2) is 4.34 Å². The van der Waals surface area contributed by atoms with E-state index in [9.17, 15) is 9.59 Å². The van der Waals surface area contributed by atoms with E-state index in [1.54, 1.807) is 28.0 Å². The molecular formula is C24H25N3O2S3. The molecule has 1 aliphatic rings. The van der Waals surface area contributed by atoms with Gasteiger partial charge in [-0.05, 0) is 48.9 Å². The predicted molar refractivity (Wildman–Crippen MR) is 135 cm³/mol. The second-order valence-corrected chi connectivity index (χ2v) is 10.8. The van der Waals surface area contributed by atoms with Crippen molar-refractivity contribution in [2.24, 2.45) is 0 Å². The molecule has 4 rings (SSSR count). The fraction of sp³-hybridized carbons (Fsp3) is 0.375. The number of thioether (sulfide) groups is 1. The number of carbonyl (C=O) groups is 2. The summed E-state index contributed by atoms with van der Waals surface area (Å²) in [7, 11) is 0. The van der Waals surface area contributed by atoms with Crippen LogP contribution in [0.1, 0.15) is 48.7 Å². The highest BCUT2D eigenvalue weighted by Gasteiger charge is 2.34. The molecule has 1 saturated heterocycles. The van der Waals surface area contributed by atoms with Crippen LogP contribution in [0.15, 0.2) is 40.1 Å². The van der Waals surface area contributed by atoms with E-state index in [0.29, 0.717) is 17.8 Å². The van der Waals surface area contributed by atoms with E-state index in [2.05, 4.69) is 29.1 Å². The van der Waals surface area contributed by atoms with Crippen molar-refractivity contribution in [3.8, 4) is 11.8 Å². The van der Waals surface area contributed by atoms with Gasteiger partial charge in [0.2, 0.25) is 5.91 Å². The second kappa shape index (κ2) is 11.0. The highest BCUT2D eigenvalue weighted by molar-refractivity contribution is 8.01. The third-order valence-electron chi connectivity index (χ3n) is 5.14. The molecule has 0 aliphatic carbocycles. The minimum atomic E-state index is -0.429. The van der Waals surface area contributed by atoms with Crippen molar-refractivity contribution in [1.82, 2.24) is 9.88 Å². The van der Waals surface area contributed by atoms with Crippen molar-refractivity contribution in [2.45, 2.75) is 49.4 Å². The first-order valence-corrected chi connectivity index (χ1v) is 13.5. The van der Waals surface area contributed by atoms with Crippen LogP contribution in [0.2, 0.25) is 0 Å². The molecule has 8 heteroatoms. The Morgan fingerprint density at radius 1 is 1.28 bits per heavy atom. The van der Waals surface area contributed by atoms with E-state index in [1.165, 1.54) is 11.3 Å². The van der Waals surface area contributed by atoms with Crippen LogP contribution < -0.4 is 5.32 Å². The molecule has 1 atom stereocenters. The molecule has 5 nitrogen and oxygen atoms in total. The van der Waals surface area contributed by atoms with Gasteiger partial charge in [0.1, 0.15) is 6.04 Å². The molecule has 3 aromatic rings. The number of anilines is 1. The molecule has 1 unspecified atom stereocenters. The maximum absolute atomic E-state index is 13.0. The highest BCUT2D eigenvalue weighted by atomic mass is 32.2. The number of thiophene rings is 1. The number of unbranched alkanes of at least 4 members (excludes halogenated alkanes) is 1. The molecule has 1 N–H and O–H groups in total. The van der Waals surface area contributed by atoms with Crippen molar-refractivity contribution in [3.05, 3.63) is 40.6 Å². The van der Waals surface area contributed by atoms with Crippen LogP contribution in [0, 0.1) is 11.8 Å². The number of nitrogens with one attached hydrogen (secondary N) is 1. The monoisotopic (exact) mass is 483 g/mol. The van der Waals surface area contributed by atoms with Crippen LogP contribution in [0.5, 0.6) is 0 Å². The van der Waals surface area contributed by atoms with Crippen LogP contribution in [-0.4, -0.2) is 40.0 Å². The molecule has 1 aromatic carbocycles. The van der Waals surface area contributed by atoms with Gasteiger partial charge in [-0.15, -0.1) is 34.5 Å². The molecule has 2 amide bonds. The topological polar surface area (TPSA) is 62.3 Å². The van der Waals surface area contributed by atoms with Crippen LogP contribution in [0.25, 0.3) is 10.2 Å². The molecule has 1 aliphatic heterocycles. The number of thiazole rings is 1. The number of amides is 2. The van der Waals surface area contributed by atoms with Gasteiger partial charge in [0.25, 0.3) is 5.91 Å². The fourth-order valence-electron chi connectivity index (χ4n) is 3.58. The van der Waals surface area contributed by atoms with Gasteiger partial charge in [-0.2, -0.15) is 0 Å². The van der Waals surface area contributed by atoms with Crippen LogP contribution in [0.4, 0.5) is 5.69 Å². The minimum absolute atomic E-state index is 0.0587. The van der Waals surface area contributed by atoms with E-state index in [4.69, 9.17) is 0 Å². The van der Waals surface area contributed by atoms with Gasteiger partial charge in [0.05, 0.1) is 15.1 Å².